The standard InChI is InChI=1S/C56H61N/c1-51(2)22-24-53(5,6)47-31-39(16-20-44(47)51)57(40-17-21-45-48(32-40)54(7,8)25-23-52(45,3)4)38-15-18-41-42-28-36(35-12-10-9-11-13-35)14-19-43(42)56(46(41)30-38)49-27-34-26-37-29-50(56)55(37,49)33-34/h9-21,28,30-32,34,37,49-50H,22-27,29,33H2,1-8H3. The lowest BCUT2D eigenvalue weighted by molar-refractivity contribution is -0.231. The Morgan fingerprint density at radius 2 is 0.965 bits per heavy atom. The van der Waals surface area contributed by atoms with Crippen molar-refractivity contribution in [2.75, 3.05) is 4.90 Å². The van der Waals surface area contributed by atoms with Crippen molar-refractivity contribution in [3.63, 3.8) is 0 Å². The lowest BCUT2D eigenvalue weighted by atomic mass is 9.27. The Hall–Kier alpha value is -4.10. The first-order valence-corrected chi connectivity index (χ1v) is 22.6. The van der Waals surface area contributed by atoms with Crippen LogP contribution in [-0.4, -0.2) is 0 Å². The van der Waals surface area contributed by atoms with Crippen LogP contribution in [0.4, 0.5) is 17.1 Å². The van der Waals surface area contributed by atoms with Crippen molar-refractivity contribution in [2.45, 2.75) is 134 Å². The number of hydrogen-bond acceptors (Lipinski definition) is 1. The summed E-state index contributed by atoms with van der Waals surface area (Å²) in [5.74, 6) is 3.46. The van der Waals surface area contributed by atoms with Crippen molar-refractivity contribution in [3.8, 4) is 22.3 Å². The number of fused-ring (bicyclic) bond motifs is 10. The predicted octanol–water partition coefficient (Wildman–Crippen LogP) is 14.9. The quantitative estimate of drug-likeness (QED) is 0.177. The summed E-state index contributed by atoms with van der Waals surface area (Å²) in [6, 6.07) is 41.5. The minimum absolute atomic E-state index is 0.136. The van der Waals surface area contributed by atoms with E-state index < -0.39 is 0 Å². The Morgan fingerprint density at radius 1 is 0.439 bits per heavy atom. The minimum Gasteiger partial charge on any atom is -0.310 e. The van der Waals surface area contributed by atoms with E-state index in [0.717, 1.165) is 23.7 Å². The van der Waals surface area contributed by atoms with E-state index in [-0.39, 0.29) is 27.1 Å². The molecule has 0 saturated heterocycles. The molecule has 4 fully saturated rings. The van der Waals surface area contributed by atoms with Gasteiger partial charge in [-0.1, -0.05) is 116 Å². The highest BCUT2D eigenvalue weighted by atomic mass is 15.1. The first-order chi connectivity index (χ1) is 27.1. The van der Waals surface area contributed by atoms with Crippen molar-refractivity contribution in [3.05, 3.63) is 137 Å². The fourth-order valence-corrected chi connectivity index (χ4v) is 15.2. The maximum Gasteiger partial charge on any atom is 0.0465 e. The van der Waals surface area contributed by atoms with Crippen LogP contribution in [0, 0.1) is 29.1 Å². The lowest BCUT2D eigenvalue weighted by Crippen LogP contribution is -2.73. The lowest BCUT2D eigenvalue weighted by Gasteiger charge is -2.76. The number of anilines is 3. The van der Waals surface area contributed by atoms with Gasteiger partial charge in [0.2, 0.25) is 0 Å². The Kier molecular flexibility index (Phi) is 6.69. The monoisotopic (exact) mass is 747 g/mol. The van der Waals surface area contributed by atoms with E-state index in [4.69, 9.17) is 0 Å². The zero-order valence-corrected chi connectivity index (χ0v) is 35.7. The van der Waals surface area contributed by atoms with Gasteiger partial charge in [0.1, 0.15) is 0 Å². The van der Waals surface area contributed by atoms with Gasteiger partial charge in [0.25, 0.3) is 0 Å². The smallest absolute Gasteiger partial charge is 0.0465 e. The highest BCUT2D eigenvalue weighted by Crippen LogP contribution is 2.89. The van der Waals surface area contributed by atoms with Gasteiger partial charge in [0.05, 0.1) is 0 Å². The normalized spacial score (nSPS) is 31.6. The van der Waals surface area contributed by atoms with Gasteiger partial charge in [0.15, 0.2) is 0 Å². The molecular weight excluding hydrogens is 687 g/mol. The van der Waals surface area contributed by atoms with Gasteiger partial charge in [0, 0.05) is 22.5 Å². The van der Waals surface area contributed by atoms with E-state index in [1.807, 2.05) is 0 Å². The Labute approximate surface area is 342 Å². The Bertz CT molecular complexity index is 2450. The second kappa shape index (κ2) is 10.9. The van der Waals surface area contributed by atoms with Crippen LogP contribution < -0.4 is 4.90 Å². The summed E-state index contributed by atoms with van der Waals surface area (Å²) in [5.41, 5.74) is 20.4. The molecule has 0 heterocycles. The SMILES string of the molecule is CC1(C)CCC(C)(C)c2cc(N(c3ccc4c(c3)C(C)(C)CCC4(C)C)c3ccc4c(c3)C3(c5ccc(-c6ccccc6)cc5-4)C4CC5CC6CC3C64C5)ccc21. The maximum atomic E-state index is 2.72. The summed E-state index contributed by atoms with van der Waals surface area (Å²) < 4.78 is 0. The van der Waals surface area contributed by atoms with Crippen LogP contribution in [0.1, 0.15) is 140 Å². The van der Waals surface area contributed by atoms with E-state index >= 15 is 0 Å². The molecule has 57 heavy (non-hydrogen) atoms. The molecule has 4 saturated carbocycles. The molecule has 0 radical (unpaired) electrons. The third-order valence-electron chi connectivity index (χ3n) is 18.3. The molecule has 7 aliphatic carbocycles. The zero-order valence-electron chi connectivity index (χ0n) is 35.7. The average Bonchev–Trinajstić information content (AvgIpc) is 3.82. The Balaban J connectivity index is 1.08. The number of rotatable bonds is 4. The predicted molar refractivity (Wildman–Crippen MR) is 238 cm³/mol. The first-order valence-electron chi connectivity index (χ1n) is 22.6. The summed E-state index contributed by atoms with van der Waals surface area (Å²) >= 11 is 0. The first kappa shape index (κ1) is 34.9. The van der Waals surface area contributed by atoms with Crippen molar-refractivity contribution in [2.24, 2.45) is 29.1 Å². The number of benzene rings is 5. The van der Waals surface area contributed by atoms with Crippen LogP contribution in [0.5, 0.6) is 0 Å². The van der Waals surface area contributed by atoms with Gasteiger partial charge >= 0.3 is 0 Å². The van der Waals surface area contributed by atoms with E-state index in [2.05, 4.69) is 163 Å². The van der Waals surface area contributed by atoms with E-state index in [1.54, 1.807) is 11.1 Å². The summed E-state index contributed by atoms with van der Waals surface area (Å²) in [6.07, 6.45) is 10.7. The van der Waals surface area contributed by atoms with E-state index in [0.29, 0.717) is 5.41 Å². The molecule has 0 aliphatic heterocycles. The van der Waals surface area contributed by atoms with Crippen molar-refractivity contribution >= 4 is 17.1 Å². The third-order valence-corrected chi connectivity index (χ3v) is 18.3. The van der Waals surface area contributed by atoms with E-state index in [9.17, 15) is 0 Å². The van der Waals surface area contributed by atoms with Gasteiger partial charge in [-0.2, -0.15) is 0 Å². The molecule has 290 valence electrons. The molecule has 5 aromatic carbocycles. The van der Waals surface area contributed by atoms with Gasteiger partial charge < -0.3 is 4.90 Å². The van der Waals surface area contributed by atoms with Gasteiger partial charge in [-0.15, -0.1) is 0 Å². The highest BCUT2D eigenvalue weighted by Gasteiger charge is 2.84. The second-order valence-corrected chi connectivity index (χ2v) is 22.7. The third kappa shape index (κ3) is 4.32. The van der Waals surface area contributed by atoms with Crippen LogP contribution in [-0.2, 0) is 27.1 Å². The van der Waals surface area contributed by atoms with E-state index in [1.165, 1.54) is 113 Å². The molecule has 0 amide bonds. The molecule has 1 heteroatoms. The molecule has 6 atom stereocenters. The van der Waals surface area contributed by atoms with Crippen molar-refractivity contribution in [1.29, 1.82) is 0 Å². The molecule has 7 aliphatic rings. The number of nitrogens with zero attached hydrogens (tertiary/aromatic N) is 1. The fraction of sp³-hybridized carbons (Fsp3) is 0.464. The topological polar surface area (TPSA) is 3.24 Å². The van der Waals surface area contributed by atoms with Crippen LogP contribution in [0.25, 0.3) is 22.3 Å². The zero-order chi connectivity index (χ0) is 39.1. The number of hydrogen-bond donors (Lipinski definition) is 0. The molecule has 1 nitrogen and oxygen atoms in total. The van der Waals surface area contributed by atoms with Crippen LogP contribution in [0.15, 0.2) is 103 Å². The summed E-state index contributed by atoms with van der Waals surface area (Å²) in [5, 5.41) is 0. The minimum atomic E-state index is 0.136. The largest absolute Gasteiger partial charge is 0.310 e. The maximum absolute atomic E-state index is 2.72. The Morgan fingerprint density at radius 3 is 1.56 bits per heavy atom. The molecule has 12 rings (SSSR count). The molecule has 2 spiro atoms. The van der Waals surface area contributed by atoms with Gasteiger partial charge in [-0.05, 0) is 200 Å². The fourth-order valence-electron chi connectivity index (χ4n) is 15.2. The van der Waals surface area contributed by atoms with Gasteiger partial charge in [-0.25, -0.2) is 0 Å². The molecule has 6 unspecified atom stereocenters. The van der Waals surface area contributed by atoms with Crippen molar-refractivity contribution in [1.82, 2.24) is 0 Å². The van der Waals surface area contributed by atoms with Crippen LogP contribution in [0.3, 0.4) is 0 Å². The van der Waals surface area contributed by atoms with Crippen LogP contribution in [0.2, 0.25) is 0 Å². The summed E-state index contributed by atoms with van der Waals surface area (Å²) in [7, 11) is 0. The molecule has 5 aromatic rings. The van der Waals surface area contributed by atoms with Gasteiger partial charge in [-0.3, -0.25) is 0 Å². The summed E-state index contributed by atoms with van der Waals surface area (Å²) in [6.45, 7) is 19.7. The molecule has 0 N–H and O–H groups in total. The van der Waals surface area contributed by atoms with Crippen molar-refractivity contribution < 1.29 is 0 Å². The summed E-state index contributed by atoms with van der Waals surface area (Å²) in [4.78, 5) is 2.67. The average molecular weight is 748 g/mol. The highest BCUT2D eigenvalue weighted by molar-refractivity contribution is 5.90. The second-order valence-electron chi connectivity index (χ2n) is 22.7. The van der Waals surface area contributed by atoms with Crippen LogP contribution >= 0.6 is 0 Å². The molecule has 2 bridgehead atoms. The molecule has 0 aromatic heterocycles. The molecular formula is C56H61N.